The van der Waals surface area contributed by atoms with Crippen molar-refractivity contribution in [3.8, 4) is 0 Å². The van der Waals surface area contributed by atoms with Crippen molar-refractivity contribution in [1.82, 2.24) is 4.90 Å². The Hall–Kier alpha value is -0.350. The molecule has 3 nitrogen and oxygen atoms in total. The maximum atomic E-state index is 5.46. The van der Waals surface area contributed by atoms with E-state index in [2.05, 4.69) is 0 Å². The van der Waals surface area contributed by atoms with Crippen LogP contribution in [0.5, 0.6) is 0 Å². The van der Waals surface area contributed by atoms with Crippen LogP contribution in [0.2, 0.25) is 0 Å². The van der Waals surface area contributed by atoms with Crippen LogP contribution in [0, 0.1) is 0 Å². The van der Waals surface area contributed by atoms with Crippen LogP contribution in [0.25, 0.3) is 0 Å². The highest BCUT2D eigenvalue weighted by Crippen LogP contribution is 2.09. The van der Waals surface area contributed by atoms with E-state index in [1.54, 1.807) is 4.90 Å². The van der Waals surface area contributed by atoms with Gasteiger partial charge in [0.2, 0.25) is 0 Å². The van der Waals surface area contributed by atoms with Crippen LogP contribution in [0.4, 0.5) is 0 Å². The van der Waals surface area contributed by atoms with Gasteiger partial charge in [0.1, 0.15) is 5.60 Å². The molecule has 12 heavy (non-hydrogen) atoms. The van der Waals surface area contributed by atoms with Gasteiger partial charge in [0.25, 0.3) is 5.17 Å². The maximum Gasteiger partial charge on any atom is 0.260 e. The molecule has 0 saturated heterocycles. The molecule has 0 heterocycles. The Morgan fingerprint density at radius 1 is 1.50 bits per heavy atom. The zero-order valence-corrected chi connectivity index (χ0v) is 9.07. The van der Waals surface area contributed by atoms with Crippen LogP contribution in [0.3, 0.4) is 0 Å². The van der Waals surface area contributed by atoms with Crippen LogP contribution >= 0.6 is 12.2 Å². The summed E-state index contributed by atoms with van der Waals surface area (Å²) >= 11 is 5.05. The molecule has 0 bridgehead atoms. The van der Waals surface area contributed by atoms with Crippen LogP contribution in [0.15, 0.2) is 0 Å². The minimum atomic E-state index is -0.236. The number of rotatable bonds is 2. The first-order valence-electron chi connectivity index (χ1n) is 4.08. The fourth-order valence-corrected chi connectivity index (χ4v) is 1.11. The van der Waals surface area contributed by atoms with E-state index in [1.165, 1.54) is 0 Å². The summed E-state index contributed by atoms with van der Waals surface area (Å²) in [6.45, 7) is 9.07. The van der Waals surface area contributed by atoms with E-state index in [9.17, 15) is 0 Å². The second kappa shape index (κ2) is 4.62. The normalized spacial score (nSPS) is 11.1. The van der Waals surface area contributed by atoms with Gasteiger partial charge in [0.05, 0.1) is 6.67 Å². The number of nitrogens with two attached hydrogens (primary N) is 1. The maximum absolute atomic E-state index is 5.46. The summed E-state index contributed by atoms with van der Waals surface area (Å²) in [6.07, 6.45) is 0. The van der Waals surface area contributed by atoms with Gasteiger partial charge in [-0.3, -0.25) is 0 Å². The Balaban J connectivity index is 4.02. The first kappa shape index (κ1) is 11.6. The zero-order chi connectivity index (χ0) is 9.78. The largest absolute Gasteiger partial charge is 0.465 e. The molecule has 0 aliphatic carbocycles. The van der Waals surface area contributed by atoms with E-state index in [1.807, 2.05) is 27.7 Å². The topological polar surface area (TPSA) is 38.5 Å². The van der Waals surface area contributed by atoms with E-state index >= 15 is 0 Å². The minimum absolute atomic E-state index is 0.236. The predicted octanol–water partition coefficient (Wildman–Crippen LogP) is 1.32. The molecule has 0 rings (SSSR count). The first-order chi connectivity index (χ1) is 5.40. The SMILES string of the molecule is CCN(CN)C(=S)OC(C)(C)C. The molecule has 0 unspecified atom stereocenters. The van der Waals surface area contributed by atoms with Crippen molar-refractivity contribution in [2.24, 2.45) is 5.73 Å². The highest BCUT2D eigenvalue weighted by Gasteiger charge is 2.16. The zero-order valence-electron chi connectivity index (χ0n) is 8.26. The van der Waals surface area contributed by atoms with E-state index in [-0.39, 0.29) is 5.60 Å². The lowest BCUT2D eigenvalue weighted by Gasteiger charge is -2.28. The Morgan fingerprint density at radius 2 is 2.00 bits per heavy atom. The van der Waals surface area contributed by atoms with Crippen molar-refractivity contribution in [2.45, 2.75) is 33.3 Å². The Morgan fingerprint density at radius 3 is 2.25 bits per heavy atom. The van der Waals surface area contributed by atoms with Crippen molar-refractivity contribution in [2.75, 3.05) is 13.2 Å². The summed E-state index contributed by atoms with van der Waals surface area (Å²) in [5.41, 5.74) is 5.23. The highest BCUT2D eigenvalue weighted by molar-refractivity contribution is 7.80. The summed E-state index contributed by atoms with van der Waals surface area (Å²) in [4.78, 5) is 1.81. The van der Waals surface area contributed by atoms with E-state index in [4.69, 9.17) is 22.7 Å². The van der Waals surface area contributed by atoms with Gasteiger partial charge in [-0.05, 0) is 39.9 Å². The van der Waals surface area contributed by atoms with Crippen LogP contribution < -0.4 is 5.73 Å². The van der Waals surface area contributed by atoms with Gasteiger partial charge in [0.15, 0.2) is 0 Å². The van der Waals surface area contributed by atoms with Crippen molar-refractivity contribution in [3.05, 3.63) is 0 Å². The van der Waals surface area contributed by atoms with Crippen molar-refractivity contribution < 1.29 is 4.74 Å². The number of ether oxygens (including phenoxy) is 1. The quantitative estimate of drug-likeness (QED) is 0.526. The van der Waals surface area contributed by atoms with Crippen molar-refractivity contribution in [1.29, 1.82) is 0 Å². The van der Waals surface area contributed by atoms with Gasteiger partial charge in [0, 0.05) is 6.54 Å². The van der Waals surface area contributed by atoms with Gasteiger partial charge in [-0.15, -0.1) is 0 Å². The highest BCUT2D eigenvalue weighted by atomic mass is 32.1. The lowest BCUT2D eigenvalue weighted by Crippen LogP contribution is -2.39. The van der Waals surface area contributed by atoms with Gasteiger partial charge < -0.3 is 15.4 Å². The molecule has 0 radical (unpaired) electrons. The minimum Gasteiger partial charge on any atom is -0.465 e. The molecule has 0 aromatic rings. The molecule has 0 fully saturated rings. The molecular weight excluding hydrogens is 172 g/mol. The third-order valence-electron chi connectivity index (χ3n) is 1.25. The van der Waals surface area contributed by atoms with Crippen LogP contribution in [-0.2, 0) is 4.74 Å². The van der Waals surface area contributed by atoms with Gasteiger partial charge in [-0.2, -0.15) is 0 Å². The standard InChI is InChI=1S/C8H18N2OS/c1-5-10(6-9)7(12)11-8(2,3)4/h5-6,9H2,1-4H3. The third-order valence-corrected chi connectivity index (χ3v) is 1.60. The summed E-state index contributed by atoms with van der Waals surface area (Å²) in [5, 5.41) is 0.479. The second-order valence-corrected chi connectivity index (χ2v) is 3.87. The van der Waals surface area contributed by atoms with Crippen molar-refractivity contribution in [3.63, 3.8) is 0 Å². The van der Waals surface area contributed by atoms with E-state index < -0.39 is 0 Å². The Bertz CT molecular complexity index is 150. The summed E-state index contributed by atoms with van der Waals surface area (Å²) in [6, 6.07) is 0. The average molecular weight is 190 g/mol. The molecule has 0 saturated carbocycles. The second-order valence-electron chi connectivity index (χ2n) is 3.52. The molecule has 0 atom stereocenters. The monoisotopic (exact) mass is 190 g/mol. The first-order valence-corrected chi connectivity index (χ1v) is 4.49. The molecule has 0 aliphatic rings. The van der Waals surface area contributed by atoms with Crippen LogP contribution in [0.1, 0.15) is 27.7 Å². The number of nitrogens with zero attached hydrogens (tertiary/aromatic N) is 1. The van der Waals surface area contributed by atoms with Crippen molar-refractivity contribution >= 4 is 17.4 Å². The van der Waals surface area contributed by atoms with Gasteiger partial charge in [-0.25, -0.2) is 0 Å². The third kappa shape index (κ3) is 4.51. The van der Waals surface area contributed by atoms with Crippen LogP contribution in [-0.4, -0.2) is 28.9 Å². The molecule has 2 N–H and O–H groups in total. The molecule has 0 aromatic heterocycles. The number of hydrogen-bond donors (Lipinski definition) is 1. The Kier molecular flexibility index (Phi) is 4.49. The van der Waals surface area contributed by atoms with Gasteiger partial charge in [-0.1, -0.05) is 0 Å². The summed E-state index contributed by atoms with van der Waals surface area (Å²) in [5.74, 6) is 0. The Labute approximate surface area is 79.9 Å². The lowest BCUT2D eigenvalue weighted by molar-refractivity contribution is 0.0951. The summed E-state index contributed by atoms with van der Waals surface area (Å²) in [7, 11) is 0. The number of hydrogen-bond acceptors (Lipinski definition) is 3. The smallest absolute Gasteiger partial charge is 0.260 e. The molecule has 0 amide bonds. The van der Waals surface area contributed by atoms with Gasteiger partial charge >= 0.3 is 0 Å². The molecule has 4 heteroatoms. The summed E-state index contributed by atoms with van der Waals surface area (Å²) < 4.78 is 5.46. The number of thiocarbonyl (C=S) groups is 1. The molecule has 0 aromatic carbocycles. The molecule has 0 spiro atoms. The molecule has 0 aliphatic heterocycles. The lowest BCUT2D eigenvalue weighted by atomic mass is 10.2. The fraction of sp³-hybridized carbons (Fsp3) is 0.875. The van der Waals surface area contributed by atoms with E-state index in [0.717, 1.165) is 6.54 Å². The van der Waals surface area contributed by atoms with E-state index in [0.29, 0.717) is 11.8 Å². The fourth-order valence-electron chi connectivity index (χ4n) is 0.659. The molecule has 72 valence electrons. The average Bonchev–Trinajstić information content (AvgIpc) is 1.85. The predicted molar refractivity (Wildman–Crippen MR) is 54.9 cm³/mol. The molecular formula is C8H18N2OS.